The van der Waals surface area contributed by atoms with Crippen molar-refractivity contribution in [3.05, 3.63) is 61.0 Å². The summed E-state index contributed by atoms with van der Waals surface area (Å²) in [4.78, 5) is 23.5. The Hall–Kier alpha value is -2.36. The van der Waals surface area contributed by atoms with Crippen LogP contribution in [0.15, 0.2) is 61.0 Å². The Balaban J connectivity index is 0.00000155. The molecule has 3 unspecified atom stereocenters. The molecule has 4 heteroatoms. The molecule has 0 aromatic heterocycles. The molecular weight excluding hydrogens is 276 g/mol. The molecule has 0 aromatic rings. The lowest BCUT2D eigenvalue weighted by Gasteiger charge is -2.09. The van der Waals surface area contributed by atoms with Crippen molar-refractivity contribution in [3.63, 3.8) is 0 Å². The fourth-order valence-electron chi connectivity index (χ4n) is 2.32. The fourth-order valence-corrected chi connectivity index (χ4v) is 2.32. The number of rotatable bonds is 4. The Morgan fingerprint density at radius 2 is 1.91 bits per heavy atom. The highest BCUT2D eigenvalue weighted by atomic mass is 16.2. The molecule has 0 aromatic carbocycles. The molecule has 1 fully saturated rings. The van der Waals surface area contributed by atoms with Gasteiger partial charge < -0.3 is 10.6 Å². The van der Waals surface area contributed by atoms with Gasteiger partial charge in [0.1, 0.15) is 0 Å². The summed E-state index contributed by atoms with van der Waals surface area (Å²) in [5.74, 6) is 0.287. The molecule has 2 aliphatic carbocycles. The van der Waals surface area contributed by atoms with E-state index in [9.17, 15) is 9.59 Å². The third-order valence-corrected chi connectivity index (χ3v) is 3.63. The number of hydrogen-bond donors (Lipinski definition) is 2. The summed E-state index contributed by atoms with van der Waals surface area (Å²) < 4.78 is 0. The van der Waals surface area contributed by atoms with Gasteiger partial charge in [0.25, 0.3) is 0 Å². The van der Waals surface area contributed by atoms with Crippen molar-refractivity contribution >= 4 is 11.8 Å². The van der Waals surface area contributed by atoms with E-state index >= 15 is 0 Å². The molecular formula is C18H26N2O2. The van der Waals surface area contributed by atoms with Crippen molar-refractivity contribution in [2.45, 2.75) is 20.8 Å². The van der Waals surface area contributed by atoms with Crippen molar-refractivity contribution in [1.29, 1.82) is 0 Å². The number of hydrogen-bond acceptors (Lipinski definition) is 2. The molecule has 2 amide bonds. The molecule has 2 N–H and O–H groups in total. The number of nitrogens with one attached hydrogen (secondary N) is 2. The van der Waals surface area contributed by atoms with Gasteiger partial charge in [-0.15, -0.1) is 0 Å². The highest BCUT2D eigenvalue weighted by Crippen LogP contribution is 2.50. The zero-order valence-corrected chi connectivity index (χ0v) is 13.4. The second-order valence-electron chi connectivity index (χ2n) is 4.97. The molecule has 120 valence electrons. The van der Waals surface area contributed by atoms with Gasteiger partial charge in [-0.25, -0.2) is 0 Å². The van der Waals surface area contributed by atoms with Gasteiger partial charge in [-0.05, 0) is 36.0 Å². The van der Waals surface area contributed by atoms with Gasteiger partial charge in [-0.2, -0.15) is 0 Å². The molecule has 1 saturated carbocycles. The van der Waals surface area contributed by atoms with Crippen LogP contribution in [0.2, 0.25) is 0 Å². The van der Waals surface area contributed by atoms with Gasteiger partial charge >= 0.3 is 11.8 Å². The van der Waals surface area contributed by atoms with Crippen LogP contribution < -0.4 is 10.6 Å². The number of fused-ring (bicyclic) bond motifs is 1. The van der Waals surface area contributed by atoms with Gasteiger partial charge in [0.05, 0.1) is 0 Å². The van der Waals surface area contributed by atoms with Crippen molar-refractivity contribution in [2.75, 3.05) is 0 Å². The SMILES string of the molecule is C=C/C=C(\C=C)NC(=O)C(=O)NC1=CC2C(C)C2C=C1.CC.[HH]. The topological polar surface area (TPSA) is 58.2 Å². The maximum Gasteiger partial charge on any atom is 0.314 e. The average Bonchev–Trinajstić information content (AvgIpc) is 3.18. The number of carbonyl (C=O) groups excluding carboxylic acids is 2. The summed E-state index contributed by atoms with van der Waals surface area (Å²) in [6.07, 6.45) is 10.5. The van der Waals surface area contributed by atoms with E-state index in [1.807, 2.05) is 26.0 Å². The lowest BCUT2D eigenvalue weighted by molar-refractivity contribution is -0.138. The average molecular weight is 302 g/mol. The first-order valence-corrected chi connectivity index (χ1v) is 7.54. The van der Waals surface area contributed by atoms with E-state index in [1.165, 1.54) is 12.2 Å². The van der Waals surface area contributed by atoms with Crippen molar-refractivity contribution < 1.29 is 11.0 Å². The Kier molecular flexibility index (Phi) is 6.57. The number of allylic oxidation sites excluding steroid dienone is 6. The summed E-state index contributed by atoms with van der Waals surface area (Å²) in [6.45, 7) is 13.2. The molecule has 4 nitrogen and oxygen atoms in total. The van der Waals surface area contributed by atoms with Crippen LogP contribution in [-0.2, 0) is 9.59 Å². The Morgan fingerprint density at radius 3 is 2.45 bits per heavy atom. The van der Waals surface area contributed by atoms with Gasteiger partial charge in [0, 0.05) is 12.8 Å². The van der Waals surface area contributed by atoms with Crippen LogP contribution in [0.3, 0.4) is 0 Å². The lowest BCUT2D eigenvalue weighted by Crippen LogP contribution is -2.38. The molecule has 0 saturated heterocycles. The van der Waals surface area contributed by atoms with E-state index in [-0.39, 0.29) is 1.43 Å². The second-order valence-corrected chi connectivity index (χ2v) is 4.97. The highest BCUT2D eigenvalue weighted by molar-refractivity contribution is 6.36. The normalized spacial score (nSPS) is 24.8. The van der Waals surface area contributed by atoms with Crippen LogP contribution in [0, 0.1) is 17.8 Å². The maximum atomic E-state index is 11.8. The maximum absolute atomic E-state index is 11.8. The Morgan fingerprint density at radius 1 is 1.23 bits per heavy atom. The highest BCUT2D eigenvalue weighted by Gasteiger charge is 2.44. The molecule has 2 rings (SSSR count). The monoisotopic (exact) mass is 302 g/mol. The van der Waals surface area contributed by atoms with Crippen molar-refractivity contribution in [1.82, 2.24) is 10.6 Å². The Bertz CT molecular complexity index is 561. The molecule has 3 atom stereocenters. The predicted octanol–water partition coefficient (Wildman–Crippen LogP) is 3.08. The first-order chi connectivity index (χ1) is 10.6. The Labute approximate surface area is 133 Å². The molecule has 0 bridgehead atoms. The van der Waals surface area contributed by atoms with Crippen molar-refractivity contribution in [3.8, 4) is 0 Å². The van der Waals surface area contributed by atoms with Crippen LogP contribution in [0.25, 0.3) is 0 Å². The van der Waals surface area contributed by atoms with E-state index < -0.39 is 11.8 Å². The number of amides is 2. The van der Waals surface area contributed by atoms with Gasteiger partial charge in [0.15, 0.2) is 0 Å². The molecule has 0 aliphatic heterocycles. The summed E-state index contributed by atoms with van der Waals surface area (Å²) in [5.41, 5.74) is 1.12. The lowest BCUT2D eigenvalue weighted by atomic mass is 10.1. The van der Waals surface area contributed by atoms with Crippen LogP contribution in [0.1, 0.15) is 22.2 Å². The summed E-state index contributed by atoms with van der Waals surface area (Å²) in [5, 5.41) is 5.06. The van der Waals surface area contributed by atoms with Crippen LogP contribution in [0.4, 0.5) is 0 Å². The van der Waals surface area contributed by atoms with E-state index in [1.54, 1.807) is 6.08 Å². The van der Waals surface area contributed by atoms with E-state index in [4.69, 9.17) is 0 Å². The zero-order valence-electron chi connectivity index (χ0n) is 13.4. The standard InChI is InChI=1S/C16H18N2O2.C2H6.H2/c1-4-6-11(5-2)17-15(19)16(20)18-12-7-8-13-10(3)14(13)9-12;1-2;/h4-10,13-14H,1-2H2,3H3,(H,17,19)(H,18,20);1-2H3;1H/b11-6+;;. The third kappa shape index (κ3) is 4.32. The molecule has 0 radical (unpaired) electrons. The van der Waals surface area contributed by atoms with E-state index in [0.717, 1.165) is 0 Å². The largest absolute Gasteiger partial charge is 0.318 e. The fraction of sp³-hybridized carbons (Fsp3) is 0.333. The van der Waals surface area contributed by atoms with E-state index in [0.29, 0.717) is 29.1 Å². The van der Waals surface area contributed by atoms with E-state index in [2.05, 4.69) is 36.8 Å². The minimum absolute atomic E-state index is 0. The smallest absolute Gasteiger partial charge is 0.314 e. The summed E-state index contributed by atoms with van der Waals surface area (Å²) >= 11 is 0. The van der Waals surface area contributed by atoms with Crippen LogP contribution in [0.5, 0.6) is 0 Å². The quantitative estimate of drug-likeness (QED) is 0.619. The zero-order chi connectivity index (χ0) is 16.7. The van der Waals surface area contributed by atoms with Gasteiger partial charge in [-0.3, -0.25) is 9.59 Å². The minimum Gasteiger partial charge on any atom is -0.318 e. The number of carbonyl (C=O) groups is 2. The molecule has 22 heavy (non-hydrogen) atoms. The molecule has 2 aliphatic rings. The second kappa shape index (κ2) is 8.17. The predicted molar refractivity (Wildman–Crippen MR) is 91.6 cm³/mol. The molecule has 0 spiro atoms. The van der Waals surface area contributed by atoms with Crippen LogP contribution >= 0.6 is 0 Å². The summed E-state index contributed by atoms with van der Waals surface area (Å²) in [7, 11) is 0. The third-order valence-electron chi connectivity index (χ3n) is 3.63. The summed E-state index contributed by atoms with van der Waals surface area (Å²) in [6, 6.07) is 0. The minimum atomic E-state index is -0.724. The van der Waals surface area contributed by atoms with Crippen molar-refractivity contribution in [2.24, 2.45) is 17.8 Å². The first-order valence-electron chi connectivity index (χ1n) is 7.54. The van der Waals surface area contributed by atoms with Gasteiger partial charge in [-0.1, -0.05) is 52.2 Å². The van der Waals surface area contributed by atoms with Crippen LogP contribution in [-0.4, -0.2) is 11.8 Å². The molecule has 0 heterocycles. The van der Waals surface area contributed by atoms with Gasteiger partial charge in [0.2, 0.25) is 0 Å². The first kappa shape index (κ1) is 17.7.